The fourth-order valence-corrected chi connectivity index (χ4v) is 3.31. The zero-order valence-corrected chi connectivity index (χ0v) is 15.7. The first-order chi connectivity index (χ1) is 11.5. The lowest BCUT2D eigenvalue weighted by Crippen LogP contribution is -2.45. The molecule has 0 aliphatic carbocycles. The van der Waals surface area contributed by atoms with Crippen LogP contribution >= 0.6 is 12.4 Å². The molecule has 1 saturated heterocycles. The van der Waals surface area contributed by atoms with Crippen molar-refractivity contribution in [3.8, 4) is 5.75 Å². The zero-order chi connectivity index (χ0) is 17.6. The summed E-state index contributed by atoms with van der Waals surface area (Å²) in [4.78, 5) is 2.18. The van der Waals surface area contributed by atoms with Crippen molar-refractivity contribution in [3.05, 3.63) is 29.3 Å². The number of unbranched alkanes of at least 4 members (excludes halogenated alkanes) is 2. The molecule has 0 radical (unpaired) electrons. The maximum Gasteiger partial charge on any atom is 0.416 e. The van der Waals surface area contributed by atoms with E-state index >= 15 is 0 Å². The molecule has 144 valence electrons. The number of ether oxygens (including phenoxy) is 1. The molecule has 0 spiro atoms. The van der Waals surface area contributed by atoms with E-state index in [9.17, 15) is 13.2 Å². The maximum atomic E-state index is 13.6. The van der Waals surface area contributed by atoms with Crippen LogP contribution in [0.15, 0.2) is 18.2 Å². The van der Waals surface area contributed by atoms with E-state index in [0.717, 1.165) is 57.9 Å². The monoisotopic (exact) mass is 380 g/mol. The summed E-state index contributed by atoms with van der Waals surface area (Å²) in [6, 6.07) is 4.17. The summed E-state index contributed by atoms with van der Waals surface area (Å²) >= 11 is 0. The molecule has 1 aliphatic heterocycles. The van der Waals surface area contributed by atoms with E-state index < -0.39 is 11.7 Å². The van der Waals surface area contributed by atoms with Crippen LogP contribution in [-0.2, 0) is 6.18 Å². The number of benzene rings is 1. The lowest BCUT2D eigenvalue weighted by atomic mass is 9.93. The maximum absolute atomic E-state index is 13.6. The molecule has 1 aromatic rings. The minimum Gasteiger partial charge on any atom is -0.497 e. The number of methoxy groups -OCH3 is 1. The molecule has 25 heavy (non-hydrogen) atoms. The molecule has 0 aromatic heterocycles. The van der Waals surface area contributed by atoms with Gasteiger partial charge in [0.05, 0.1) is 12.7 Å². The van der Waals surface area contributed by atoms with E-state index in [2.05, 4.69) is 17.1 Å². The topological polar surface area (TPSA) is 24.5 Å². The van der Waals surface area contributed by atoms with Crippen LogP contribution in [0.3, 0.4) is 0 Å². The molecule has 0 saturated carbocycles. The molecule has 7 heteroatoms. The van der Waals surface area contributed by atoms with Crippen molar-refractivity contribution >= 4 is 12.4 Å². The molecule has 1 atom stereocenters. The molecule has 0 amide bonds. The summed E-state index contributed by atoms with van der Waals surface area (Å²) in [6.45, 7) is 5.30. The molecule has 0 unspecified atom stereocenters. The highest BCUT2D eigenvalue weighted by Crippen LogP contribution is 2.40. The second-order valence-corrected chi connectivity index (χ2v) is 6.25. The Morgan fingerprint density at radius 1 is 1.20 bits per heavy atom. The minimum absolute atomic E-state index is 0. The Morgan fingerprint density at radius 3 is 2.44 bits per heavy atom. The Bertz CT molecular complexity index is 520. The van der Waals surface area contributed by atoms with E-state index in [1.54, 1.807) is 12.1 Å². The normalized spacial score (nSPS) is 17.0. The molecule has 1 aliphatic rings. The zero-order valence-electron chi connectivity index (χ0n) is 14.9. The van der Waals surface area contributed by atoms with Crippen LogP contribution in [0.2, 0.25) is 0 Å². The van der Waals surface area contributed by atoms with Crippen LogP contribution in [0.5, 0.6) is 5.75 Å². The SMILES string of the molecule is CCCCC[C@@H](c1ccc(OC)cc1C(F)(F)F)N1CCNCC1.Cl. The summed E-state index contributed by atoms with van der Waals surface area (Å²) in [5.74, 6) is 0.249. The Labute approximate surface area is 154 Å². The van der Waals surface area contributed by atoms with Crippen molar-refractivity contribution in [2.75, 3.05) is 33.3 Å². The van der Waals surface area contributed by atoms with Gasteiger partial charge in [-0.1, -0.05) is 32.3 Å². The summed E-state index contributed by atoms with van der Waals surface area (Å²) < 4.78 is 45.8. The van der Waals surface area contributed by atoms with Gasteiger partial charge in [0.2, 0.25) is 0 Å². The number of hydrogen-bond acceptors (Lipinski definition) is 3. The van der Waals surface area contributed by atoms with Gasteiger partial charge in [-0.3, -0.25) is 4.90 Å². The summed E-state index contributed by atoms with van der Waals surface area (Å²) in [5, 5.41) is 3.27. The van der Waals surface area contributed by atoms with Gasteiger partial charge >= 0.3 is 6.18 Å². The van der Waals surface area contributed by atoms with Crippen LogP contribution in [0, 0.1) is 0 Å². The van der Waals surface area contributed by atoms with Gasteiger partial charge in [0, 0.05) is 32.2 Å². The highest BCUT2D eigenvalue weighted by Gasteiger charge is 2.37. The van der Waals surface area contributed by atoms with Gasteiger partial charge in [-0.05, 0) is 24.1 Å². The molecule has 2 rings (SSSR count). The number of halogens is 4. The Hall–Kier alpha value is -0.980. The van der Waals surface area contributed by atoms with Gasteiger partial charge in [0.25, 0.3) is 0 Å². The Morgan fingerprint density at radius 2 is 1.88 bits per heavy atom. The smallest absolute Gasteiger partial charge is 0.416 e. The first-order valence-electron chi connectivity index (χ1n) is 8.67. The largest absolute Gasteiger partial charge is 0.497 e. The number of nitrogens with one attached hydrogen (secondary N) is 1. The Balaban J connectivity index is 0.00000312. The number of rotatable bonds is 7. The average Bonchev–Trinajstić information content (AvgIpc) is 2.58. The summed E-state index contributed by atoms with van der Waals surface area (Å²) in [7, 11) is 1.39. The predicted octanol–water partition coefficient (Wildman–Crippen LogP) is 4.66. The van der Waals surface area contributed by atoms with Gasteiger partial charge in [-0.25, -0.2) is 0 Å². The van der Waals surface area contributed by atoms with E-state index in [1.165, 1.54) is 7.11 Å². The second-order valence-electron chi connectivity index (χ2n) is 6.25. The second kappa shape index (κ2) is 10.2. The number of piperazine rings is 1. The lowest BCUT2D eigenvalue weighted by Gasteiger charge is -2.36. The van der Waals surface area contributed by atoms with Crippen molar-refractivity contribution in [1.29, 1.82) is 0 Å². The van der Waals surface area contributed by atoms with Crippen molar-refractivity contribution in [2.24, 2.45) is 0 Å². The number of nitrogens with zero attached hydrogens (tertiary/aromatic N) is 1. The average molecular weight is 381 g/mol. The highest BCUT2D eigenvalue weighted by molar-refractivity contribution is 5.85. The number of alkyl halides is 3. The fourth-order valence-electron chi connectivity index (χ4n) is 3.31. The van der Waals surface area contributed by atoms with Crippen molar-refractivity contribution < 1.29 is 17.9 Å². The van der Waals surface area contributed by atoms with Crippen LogP contribution < -0.4 is 10.1 Å². The van der Waals surface area contributed by atoms with E-state index in [0.29, 0.717) is 5.56 Å². The third-order valence-electron chi connectivity index (χ3n) is 4.60. The molecule has 1 fully saturated rings. The first-order valence-corrected chi connectivity index (χ1v) is 8.67. The van der Waals surface area contributed by atoms with Crippen LogP contribution in [0.1, 0.15) is 49.8 Å². The third kappa shape index (κ3) is 6.04. The molecular weight excluding hydrogens is 353 g/mol. The summed E-state index contributed by atoms with van der Waals surface area (Å²) in [6.07, 6.45) is -0.582. The third-order valence-corrected chi connectivity index (χ3v) is 4.60. The fraction of sp³-hybridized carbons (Fsp3) is 0.667. The van der Waals surface area contributed by atoms with Gasteiger partial charge in [0.15, 0.2) is 0 Å². The van der Waals surface area contributed by atoms with E-state index in [-0.39, 0.29) is 24.2 Å². The molecule has 1 N–H and O–H groups in total. The summed E-state index contributed by atoms with van der Waals surface area (Å²) in [5.41, 5.74) is -0.191. The van der Waals surface area contributed by atoms with Gasteiger partial charge in [-0.15, -0.1) is 12.4 Å². The molecule has 1 aromatic carbocycles. The van der Waals surface area contributed by atoms with Gasteiger partial charge in [-0.2, -0.15) is 13.2 Å². The Kier molecular flexibility index (Phi) is 9.03. The number of hydrogen-bond donors (Lipinski definition) is 1. The highest BCUT2D eigenvalue weighted by atomic mass is 35.5. The van der Waals surface area contributed by atoms with Gasteiger partial charge < -0.3 is 10.1 Å². The molecule has 3 nitrogen and oxygen atoms in total. The first kappa shape index (κ1) is 22.1. The van der Waals surface area contributed by atoms with Crippen molar-refractivity contribution in [1.82, 2.24) is 10.2 Å². The standard InChI is InChI=1S/C18H27F3N2O.ClH/c1-3-4-5-6-17(23-11-9-22-10-12-23)15-8-7-14(24-2)13-16(15)18(19,20)21;/h7-8,13,17,22H,3-6,9-12H2,1-2H3;1H/t17-;/m0./s1. The predicted molar refractivity (Wildman–Crippen MR) is 96.6 cm³/mol. The van der Waals surface area contributed by atoms with Crippen LogP contribution in [-0.4, -0.2) is 38.2 Å². The van der Waals surface area contributed by atoms with Gasteiger partial charge in [0.1, 0.15) is 5.75 Å². The minimum atomic E-state index is -4.37. The van der Waals surface area contributed by atoms with E-state index in [1.807, 2.05) is 0 Å². The van der Waals surface area contributed by atoms with Crippen LogP contribution in [0.25, 0.3) is 0 Å². The van der Waals surface area contributed by atoms with Crippen LogP contribution in [0.4, 0.5) is 13.2 Å². The van der Waals surface area contributed by atoms with E-state index in [4.69, 9.17) is 4.74 Å². The quantitative estimate of drug-likeness (QED) is 0.696. The molecular formula is C18H28ClF3N2O. The van der Waals surface area contributed by atoms with Crippen molar-refractivity contribution in [3.63, 3.8) is 0 Å². The molecule has 0 bridgehead atoms. The lowest BCUT2D eigenvalue weighted by molar-refractivity contribution is -0.139. The van der Waals surface area contributed by atoms with Crippen molar-refractivity contribution in [2.45, 2.75) is 44.8 Å². The molecule has 1 heterocycles.